The highest BCUT2D eigenvalue weighted by molar-refractivity contribution is 7.10. The number of benzene rings is 2. The zero-order chi connectivity index (χ0) is 26.2. The topological polar surface area (TPSA) is 99.6 Å². The Morgan fingerprint density at radius 2 is 1.28 bits per heavy atom. The van der Waals surface area contributed by atoms with E-state index in [1.54, 1.807) is 19.2 Å². The van der Waals surface area contributed by atoms with Crippen LogP contribution in [0.3, 0.4) is 0 Å². The minimum atomic E-state index is -1.35. The molecule has 0 aliphatic heterocycles. The van der Waals surface area contributed by atoms with Crippen molar-refractivity contribution in [3.05, 3.63) is 65.0 Å². The maximum atomic E-state index is 12.7. The number of hydrogen-bond donors (Lipinski definition) is 0. The van der Waals surface area contributed by atoms with Crippen molar-refractivity contribution in [2.45, 2.75) is 33.6 Å². The van der Waals surface area contributed by atoms with Gasteiger partial charge in [-0.05, 0) is 44.9 Å². The molecule has 36 heavy (non-hydrogen) atoms. The lowest BCUT2D eigenvalue weighted by atomic mass is 9.78. The number of ether oxygens (including phenoxy) is 2. The number of fused-ring (bicyclic) bond motifs is 1. The molecule has 1 heterocycles. The summed E-state index contributed by atoms with van der Waals surface area (Å²) in [5.74, 6) is -6.41. The summed E-state index contributed by atoms with van der Waals surface area (Å²) in [5.41, 5.74) is 4.31. The van der Waals surface area contributed by atoms with E-state index >= 15 is 0 Å². The predicted octanol–water partition coefficient (Wildman–Crippen LogP) is 5.10. The third-order valence-corrected chi connectivity index (χ3v) is 6.61. The Morgan fingerprint density at radius 1 is 0.778 bits per heavy atom. The first kappa shape index (κ1) is 26.9. The van der Waals surface area contributed by atoms with Crippen LogP contribution < -0.4 is 0 Å². The van der Waals surface area contributed by atoms with E-state index in [2.05, 4.69) is 29.2 Å². The second kappa shape index (κ2) is 12.4. The van der Waals surface area contributed by atoms with E-state index < -0.39 is 41.3 Å². The van der Waals surface area contributed by atoms with Crippen LogP contribution in [0.15, 0.2) is 60.0 Å². The molecular weight excluding hydrogens is 478 g/mol. The first-order valence-electron chi connectivity index (χ1n) is 11.7. The van der Waals surface area contributed by atoms with Crippen LogP contribution in [-0.2, 0) is 28.7 Å². The molecule has 2 aromatic rings. The Balaban J connectivity index is 0.000000513. The van der Waals surface area contributed by atoms with Crippen molar-refractivity contribution < 1.29 is 28.7 Å². The summed E-state index contributed by atoms with van der Waals surface area (Å²) in [5, 5.41) is 2.10. The molecule has 0 radical (unpaired) electrons. The van der Waals surface area contributed by atoms with E-state index in [1.807, 2.05) is 30.3 Å². The molecule has 2 atom stereocenters. The third-order valence-electron chi connectivity index (χ3n) is 5.66. The van der Waals surface area contributed by atoms with Crippen molar-refractivity contribution in [2.24, 2.45) is 11.8 Å². The van der Waals surface area contributed by atoms with Gasteiger partial charge in [-0.2, -0.15) is 0 Å². The van der Waals surface area contributed by atoms with E-state index in [9.17, 15) is 19.2 Å². The highest BCUT2D eigenvalue weighted by Crippen LogP contribution is 2.39. The molecule has 0 spiro atoms. The third kappa shape index (κ3) is 6.51. The Labute approximate surface area is 214 Å². The van der Waals surface area contributed by atoms with E-state index in [-0.39, 0.29) is 13.2 Å². The van der Waals surface area contributed by atoms with Gasteiger partial charge in [0.25, 0.3) is 0 Å². The predicted molar refractivity (Wildman–Crippen MR) is 137 cm³/mol. The summed E-state index contributed by atoms with van der Waals surface area (Å²) < 4.78 is 10.2. The van der Waals surface area contributed by atoms with Crippen molar-refractivity contribution in [2.75, 3.05) is 13.2 Å². The quantitative estimate of drug-likeness (QED) is 0.218. The highest BCUT2D eigenvalue weighted by Gasteiger charge is 2.47. The number of thiazole rings is 1. The smallest absolute Gasteiger partial charge is 0.317 e. The van der Waals surface area contributed by atoms with Gasteiger partial charge < -0.3 is 9.47 Å². The van der Waals surface area contributed by atoms with Gasteiger partial charge >= 0.3 is 11.9 Å². The van der Waals surface area contributed by atoms with E-state index in [4.69, 9.17) is 9.47 Å². The Morgan fingerprint density at radius 3 is 1.67 bits per heavy atom. The SMILES string of the molecule is CCOC(=O)C(C(C)=O)C(c1nc(-c2ccccc2)cs1)C(C(C)=O)C(=O)OCC.c1cc2cc-2c1. The zero-order valence-electron chi connectivity index (χ0n) is 20.7. The minimum Gasteiger partial charge on any atom is -0.465 e. The molecule has 0 saturated carbocycles. The number of ketones is 2. The van der Waals surface area contributed by atoms with E-state index in [1.165, 1.54) is 36.3 Å². The van der Waals surface area contributed by atoms with E-state index in [0.717, 1.165) is 5.56 Å². The van der Waals surface area contributed by atoms with Crippen molar-refractivity contribution in [3.63, 3.8) is 0 Å². The Kier molecular flexibility index (Phi) is 9.25. The maximum Gasteiger partial charge on any atom is 0.317 e. The van der Waals surface area contributed by atoms with Gasteiger partial charge in [0.2, 0.25) is 0 Å². The molecule has 0 fully saturated rings. The molecular formula is C28H29NO6S. The normalized spacial score (nSPS) is 13.3. The first-order valence-corrected chi connectivity index (χ1v) is 12.6. The molecule has 8 heteroatoms. The van der Waals surface area contributed by atoms with Gasteiger partial charge in [0.15, 0.2) is 0 Å². The average molecular weight is 508 g/mol. The van der Waals surface area contributed by atoms with Crippen LogP contribution in [0.1, 0.15) is 38.6 Å². The number of Topliss-reactive ketones (excluding diaryl/α,β-unsaturated/α-hetero) is 2. The molecule has 2 aliphatic rings. The molecule has 2 unspecified atom stereocenters. The Bertz CT molecular complexity index is 1180. The lowest BCUT2D eigenvalue weighted by Crippen LogP contribution is -2.40. The summed E-state index contributed by atoms with van der Waals surface area (Å²) in [4.78, 5) is 54.8. The van der Waals surface area contributed by atoms with Crippen LogP contribution in [0.5, 0.6) is 0 Å². The first-order chi connectivity index (χ1) is 17.3. The molecule has 0 amide bonds. The molecule has 2 aliphatic carbocycles. The van der Waals surface area contributed by atoms with Crippen molar-refractivity contribution in [3.8, 4) is 22.4 Å². The van der Waals surface area contributed by atoms with Crippen LogP contribution in [0, 0.1) is 11.8 Å². The fraction of sp³-hybridized carbons (Fsp3) is 0.321. The summed E-state index contributed by atoms with van der Waals surface area (Å²) >= 11 is 1.18. The highest BCUT2D eigenvalue weighted by atomic mass is 32.1. The lowest BCUT2D eigenvalue weighted by molar-refractivity contribution is -0.157. The molecule has 0 N–H and O–H groups in total. The van der Waals surface area contributed by atoms with Crippen LogP contribution in [-0.4, -0.2) is 41.7 Å². The molecule has 0 bridgehead atoms. The second-order valence-electron chi connectivity index (χ2n) is 8.22. The molecule has 7 nitrogen and oxygen atoms in total. The molecule has 1 aromatic carbocycles. The van der Waals surface area contributed by atoms with Crippen LogP contribution in [0.25, 0.3) is 22.4 Å². The van der Waals surface area contributed by atoms with Crippen molar-refractivity contribution in [1.29, 1.82) is 0 Å². The molecule has 1 aromatic heterocycles. The lowest BCUT2D eigenvalue weighted by Gasteiger charge is -2.27. The maximum absolute atomic E-state index is 12.7. The number of carbonyl (C=O) groups is 4. The van der Waals surface area contributed by atoms with Crippen LogP contribution in [0.4, 0.5) is 0 Å². The van der Waals surface area contributed by atoms with Gasteiger partial charge in [-0.15, -0.1) is 11.3 Å². The summed E-state index contributed by atoms with van der Waals surface area (Å²) in [7, 11) is 0. The molecule has 4 rings (SSSR count). The van der Waals surface area contributed by atoms with Crippen molar-refractivity contribution >= 4 is 34.8 Å². The van der Waals surface area contributed by atoms with Crippen LogP contribution in [0.2, 0.25) is 0 Å². The minimum absolute atomic E-state index is 0.0621. The number of carbonyl (C=O) groups excluding carboxylic acids is 4. The van der Waals surface area contributed by atoms with Gasteiger partial charge in [-0.25, -0.2) is 4.98 Å². The number of esters is 2. The summed E-state index contributed by atoms with van der Waals surface area (Å²) in [6.45, 7) is 5.84. The van der Waals surface area contributed by atoms with Gasteiger partial charge in [0.1, 0.15) is 23.4 Å². The van der Waals surface area contributed by atoms with Crippen LogP contribution >= 0.6 is 11.3 Å². The standard InChI is InChI=1S/C22H25NO6S.C6H4/c1-5-28-21(26)17(13(3)24)19(18(14(4)25)22(27)29-6-2)20-23-16(12-30-20)15-10-8-7-9-11-15;1-2-5-4-6(5)3-1/h7-12,17-19H,5-6H2,1-4H3;1-4H. The average Bonchev–Trinajstić information content (AvgIpc) is 3.21. The van der Waals surface area contributed by atoms with Gasteiger partial charge in [0, 0.05) is 10.9 Å². The van der Waals surface area contributed by atoms with Gasteiger partial charge in [-0.3, -0.25) is 19.2 Å². The fourth-order valence-electron chi connectivity index (χ4n) is 3.93. The van der Waals surface area contributed by atoms with Crippen molar-refractivity contribution in [1.82, 2.24) is 4.98 Å². The van der Waals surface area contributed by atoms with E-state index in [0.29, 0.717) is 10.7 Å². The number of aromatic nitrogens is 1. The Hall–Kier alpha value is -3.65. The largest absolute Gasteiger partial charge is 0.465 e. The van der Waals surface area contributed by atoms with Gasteiger partial charge in [0.05, 0.1) is 29.8 Å². The summed E-state index contributed by atoms with van der Waals surface area (Å²) in [6, 6.07) is 17.8. The number of nitrogens with zero attached hydrogens (tertiary/aromatic N) is 1. The molecule has 0 saturated heterocycles. The molecule has 188 valence electrons. The number of hydrogen-bond acceptors (Lipinski definition) is 8. The summed E-state index contributed by atoms with van der Waals surface area (Å²) in [6.07, 6.45) is 0. The second-order valence-corrected chi connectivity index (χ2v) is 9.11. The monoisotopic (exact) mass is 507 g/mol. The van der Waals surface area contributed by atoms with Gasteiger partial charge in [-0.1, -0.05) is 48.5 Å². The fourth-order valence-corrected chi connectivity index (χ4v) is 4.93. The number of rotatable bonds is 10. The zero-order valence-corrected chi connectivity index (χ0v) is 21.5.